The summed E-state index contributed by atoms with van der Waals surface area (Å²) in [5.74, 6) is 0.605. The summed E-state index contributed by atoms with van der Waals surface area (Å²) >= 11 is 12.2. The van der Waals surface area contributed by atoms with Gasteiger partial charge in [0.2, 0.25) is 0 Å². The predicted molar refractivity (Wildman–Crippen MR) is 103 cm³/mol. The third-order valence-corrected chi connectivity index (χ3v) is 4.98. The van der Waals surface area contributed by atoms with E-state index >= 15 is 0 Å². The zero-order valence-electron chi connectivity index (χ0n) is 14.0. The summed E-state index contributed by atoms with van der Waals surface area (Å²) in [7, 11) is 0. The quantitative estimate of drug-likeness (QED) is 0.879. The van der Waals surface area contributed by atoms with Gasteiger partial charge in [0.1, 0.15) is 5.82 Å². The van der Waals surface area contributed by atoms with Crippen LogP contribution in [0.4, 0.5) is 11.5 Å². The average molecular weight is 379 g/mol. The maximum atomic E-state index is 12.4. The molecule has 1 aromatic carbocycles. The van der Waals surface area contributed by atoms with Gasteiger partial charge in [-0.3, -0.25) is 4.79 Å². The lowest BCUT2D eigenvalue weighted by Gasteiger charge is -2.34. The van der Waals surface area contributed by atoms with Crippen molar-refractivity contribution in [2.24, 2.45) is 0 Å². The first-order valence-electron chi connectivity index (χ1n) is 8.27. The molecule has 5 nitrogen and oxygen atoms in total. The molecule has 132 valence electrons. The van der Waals surface area contributed by atoms with Crippen LogP contribution >= 0.6 is 23.2 Å². The van der Waals surface area contributed by atoms with Gasteiger partial charge in [-0.1, -0.05) is 36.2 Å². The number of nitrogens with one attached hydrogen (secondary N) is 1. The molecule has 1 fully saturated rings. The van der Waals surface area contributed by atoms with Crippen LogP contribution in [0.1, 0.15) is 17.3 Å². The number of benzene rings is 1. The number of aromatic nitrogens is 1. The largest absolute Gasteiger partial charge is 0.354 e. The van der Waals surface area contributed by atoms with Crippen LogP contribution in [-0.2, 0) is 0 Å². The van der Waals surface area contributed by atoms with E-state index in [0.29, 0.717) is 21.3 Å². The third kappa shape index (κ3) is 4.24. The molecule has 0 unspecified atom stereocenters. The van der Waals surface area contributed by atoms with E-state index in [0.717, 1.165) is 38.5 Å². The fourth-order valence-electron chi connectivity index (χ4n) is 2.80. The van der Waals surface area contributed by atoms with Crippen molar-refractivity contribution >= 4 is 40.6 Å². The van der Waals surface area contributed by atoms with Crippen LogP contribution in [0, 0.1) is 0 Å². The number of nitrogens with zero attached hydrogens (tertiary/aromatic N) is 3. The Morgan fingerprint density at radius 1 is 1.12 bits per heavy atom. The fraction of sp³-hybridized carbons (Fsp3) is 0.333. The predicted octanol–water partition coefficient (Wildman–Crippen LogP) is 3.78. The molecular formula is C18H20Cl2N4O. The van der Waals surface area contributed by atoms with Gasteiger partial charge in [-0.25, -0.2) is 4.98 Å². The number of carbonyl (C=O) groups is 1. The molecule has 0 saturated carbocycles. The van der Waals surface area contributed by atoms with Crippen molar-refractivity contribution in [1.82, 2.24) is 9.88 Å². The molecule has 25 heavy (non-hydrogen) atoms. The molecule has 0 bridgehead atoms. The summed E-state index contributed by atoms with van der Waals surface area (Å²) in [5.41, 5.74) is 0.877. The van der Waals surface area contributed by atoms with Crippen molar-refractivity contribution in [3.05, 3.63) is 52.1 Å². The maximum absolute atomic E-state index is 12.4. The topological polar surface area (TPSA) is 48.5 Å². The van der Waals surface area contributed by atoms with E-state index in [1.807, 2.05) is 6.07 Å². The summed E-state index contributed by atoms with van der Waals surface area (Å²) in [6, 6.07) is 8.75. The van der Waals surface area contributed by atoms with Gasteiger partial charge in [0.05, 0.1) is 21.3 Å². The minimum atomic E-state index is -0.287. The Labute approximate surface area is 157 Å². The molecule has 0 radical (unpaired) electrons. The van der Waals surface area contributed by atoms with Gasteiger partial charge in [-0.05, 0) is 30.8 Å². The minimum Gasteiger partial charge on any atom is -0.354 e. The van der Waals surface area contributed by atoms with Crippen LogP contribution in [0.3, 0.4) is 0 Å². The number of para-hydroxylation sites is 1. The Bertz CT molecular complexity index is 723. The number of hydrogen-bond donors (Lipinski definition) is 1. The molecule has 1 amide bonds. The van der Waals surface area contributed by atoms with Crippen molar-refractivity contribution in [3.63, 3.8) is 0 Å². The summed E-state index contributed by atoms with van der Waals surface area (Å²) in [5, 5.41) is 3.55. The molecule has 0 atom stereocenters. The molecule has 1 saturated heterocycles. The number of piperazine rings is 1. The monoisotopic (exact) mass is 378 g/mol. The lowest BCUT2D eigenvalue weighted by molar-refractivity contribution is 0.102. The highest BCUT2D eigenvalue weighted by Crippen LogP contribution is 2.30. The number of amides is 1. The smallest absolute Gasteiger partial charge is 0.257 e. The van der Waals surface area contributed by atoms with E-state index in [9.17, 15) is 4.79 Å². The highest BCUT2D eigenvalue weighted by atomic mass is 35.5. The summed E-state index contributed by atoms with van der Waals surface area (Å²) in [4.78, 5) is 21.5. The molecule has 1 aromatic heterocycles. The fourth-order valence-corrected chi connectivity index (χ4v) is 3.30. The Morgan fingerprint density at radius 3 is 2.36 bits per heavy atom. The molecule has 7 heteroatoms. The Kier molecular flexibility index (Phi) is 5.78. The van der Waals surface area contributed by atoms with Gasteiger partial charge in [0.25, 0.3) is 5.91 Å². The van der Waals surface area contributed by atoms with E-state index in [4.69, 9.17) is 23.2 Å². The van der Waals surface area contributed by atoms with Crippen molar-refractivity contribution in [2.45, 2.75) is 6.92 Å². The van der Waals surface area contributed by atoms with E-state index < -0.39 is 0 Å². The van der Waals surface area contributed by atoms with Crippen LogP contribution in [0.25, 0.3) is 0 Å². The first-order valence-corrected chi connectivity index (χ1v) is 9.03. The number of rotatable bonds is 4. The zero-order valence-corrected chi connectivity index (χ0v) is 15.5. The van der Waals surface area contributed by atoms with E-state index in [2.05, 4.69) is 27.0 Å². The van der Waals surface area contributed by atoms with Crippen molar-refractivity contribution < 1.29 is 4.79 Å². The van der Waals surface area contributed by atoms with Gasteiger partial charge in [0.15, 0.2) is 0 Å². The van der Waals surface area contributed by atoms with Crippen LogP contribution in [0.2, 0.25) is 10.0 Å². The molecule has 2 aromatic rings. The highest BCUT2D eigenvalue weighted by Gasteiger charge is 2.17. The van der Waals surface area contributed by atoms with Gasteiger partial charge in [-0.15, -0.1) is 0 Å². The number of anilines is 2. The minimum absolute atomic E-state index is 0.287. The van der Waals surface area contributed by atoms with E-state index in [1.54, 1.807) is 30.5 Å². The summed E-state index contributed by atoms with van der Waals surface area (Å²) in [6.07, 6.45) is 1.58. The van der Waals surface area contributed by atoms with Crippen molar-refractivity contribution in [2.75, 3.05) is 42.9 Å². The molecule has 0 spiro atoms. The normalized spacial score (nSPS) is 15.2. The number of halogens is 2. The van der Waals surface area contributed by atoms with Crippen molar-refractivity contribution in [1.29, 1.82) is 0 Å². The highest BCUT2D eigenvalue weighted by molar-refractivity contribution is 6.40. The molecule has 1 N–H and O–H groups in total. The van der Waals surface area contributed by atoms with Gasteiger partial charge in [0, 0.05) is 32.4 Å². The molecular weight excluding hydrogens is 359 g/mol. The molecule has 1 aliphatic rings. The number of carbonyl (C=O) groups excluding carboxylic acids is 1. The standard InChI is InChI=1S/C18H20Cl2N4O/c1-2-23-8-10-24(11-9-23)16-7-6-13(12-21-16)18(25)22-17-14(19)4-3-5-15(17)20/h3-7,12H,2,8-11H2,1H3,(H,22,25). The van der Waals surface area contributed by atoms with Gasteiger partial charge in [-0.2, -0.15) is 0 Å². The Balaban J connectivity index is 1.67. The van der Waals surface area contributed by atoms with Crippen LogP contribution in [-0.4, -0.2) is 48.5 Å². The lowest BCUT2D eigenvalue weighted by atomic mass is 10.2. The second-order valence-electron chi connectivity index (χ2n) is 5.88. The number of likely N-dealkylation sites (N-methyl/N-ethyl adjacent to an activating group) is 1. The Hall–Kier alpha value is -1.82. The average Bonchev–Trinajstić information content (AvgIpc) is 2.65. The number of hydrogen-bond acceptors (Lipinski definition) is 4. The van der Waals surface area contributed by atoms with E-state index in [-0.39, 0.29) is 5.91 Å². The van der Waals surface area contributed by atoms with Crippen LogP contribution < -0.4 is 10.2 Å². The van der Waals surface area contributed by atoms with Crippen molar-refractivity contribution in [3.8, 4) is 0 Å². The zero-order chi connectivity index (χ0) is 17.8. The second-order valence-corrected chi connectivity index (χ2v) is 6.69. The first-order chi connectivity index (χ1) is 12.1. The van der Waals surface area contributed by atoms with Gasteiger partial charge < -0.3 is 15.1 Å². The van der Waals surface area contributed by atoms with Crippen LogP contribution in [0.15, 0.2) is 36.5 Å². The summed E-state index contributed by atoms with van der Waals surface area (Å²) < 4.78 is 0. The Morgan fingerprint density at radius 2 is 1.80 bits per heavy atom. The molecule has 3 rings (SSSR count). The molecule has 0 aliphatic carbocycles. The molecule has 1 aliphatic heterocycles. The lowest BCUT2D eigenvalue weighted by Crippen LogP contribution is -2.46. The second kappa shape index (κ2) is 8.04. The van der Waals surface area contributed by atoms with Crippen LogP contribution in [0.5, 0.6) is 0 Å². The number of pyridine rings is 1. The SMILES string of the molecule is CCN1CCN(c2ccc(C(=O)Nc3c(Cl)cccc3Cl)cn2)CC1. The van der Waals surface area contributed by atoms with E-state index in [1.165, 1.54) is 0 Å². The van der Waals surface area contributed by atoms with Gasteiger partial charge >= 0.3 is 0 Å². The molecule has 2 heterocycles. The third-order valence-electron chi connectivity index (χ3n) is 4.35. The maximum Gasteiger partial charge on any atom is 0.257 e. The first kappa shape index (κ1) is 18.0. The summed E-state index contributed by atoms with van der Waals surface area (Å²) in [6.45, 7) is 7.21.